The molecule has 0 fully saturated rings. The minimum Gasteiger partial charge on any atom is -0.789 e. The molecular weight excluding hydrogens is 434 g/mol. The van der Waals surface area contributed by atoms with E-state index in [1.54, 1.807) is 0 Å². The van der Waals surface area contributed by atoms with Crippen molar-refractivity contribution in [3.63, 3.8) is 0 Å². The summed E-state index contributed by atoms with van der Waals surface area (Å²) in [5.41, 5.74) is 0. The Morgan fingerprint density at radius 2 is 1.52 bits per heavy atom. The van der Waals surface area contributed by atoms with E-state index < -0.39 is 8.80 Å². The van der Waals surface area contributed by atoms with Gasteiger partial charge in [0.25, 0.3) is 0 Å². The maximum absolute atomic E-state index is 5.84. The van der Waals surface area contributed by atoms with Crippen LogP contribution in [0.3, 0.4) is 0 Å². The van der Waals surface area contributed by atoms with E-state index in [9.17, 15) is 0 Å². The Balaban J connectivity index is -0.00000242. The second-order valence-electron chi connectivity index (χ2n) is 4.50. The summed E-state index contributed by atoms with van der Waals surface area (Å²) in [6, 6.07) is 0.742. The first-order valence-corrected chi connectivity index (χ1v) is 11.3. The van der Waals surface area contributed by atoms with Gasteiger partial charge in [0, 0.05) is 39.0 Å². The topological polar surface area (TPSA) is 43.3 Å². The minimum absolute atomic E-state index is 0. The van der Waals surface area contributed by atoms with Gasteiger partial charge in [0.1, 0.15) is 4.32 Å². The molecule has 0 aliphatic heterocycles. The average molecular weight is 461 g/mol. The van der Waals surface area contributed by atoms with Gasteiger partial charge in [0.15, 0.2) is 0 Å². The Labute approximate surface area is 220 Å². The van der Waals surface area contributed by atoms with Crippen LogP contribution in [0.25, 0.3) is 0 Å². The molecular formula is C13H26N2Na2O3S4Si. The van der Waals surface area contributed by atoms with Crippen LogP contribution in [0.15, 0.2) is 4.99 Å². The monoisotopic (exact) mass is 460 g/mol. The number of nitrogens with zero attached hydrogens (tertiary/aromatic N) is 2. The summed E-state index contributed by atoms with van der Waals surface area (Å²) >= 11 is 19.0. The van der Waals surface area contributed by atoms with Crippen molar-refractivity contribution in [2.75, 3.05) is 39.5 Å². The number of rotatable bonds is 13. The third-order valence-electron chi connectivity index (χ3n) is 2.89. The molecule has 25 heavy (non-hydrogen) atoms. The quantitative estimate of drug-likeness (QED) is 0.0761. The molecule has 0 spiro atoms. The van der Waals surface area contributed by atoms with Crippen LogP contribution in [-0.4, -0.2) is 61.9 Å². The van der Waals surface area contributed by atoms with Crippen LogP contribution in [-0.2, 0) is 38.5 Å². The van der Waals surface area contributed by atoms with Crippen LogP contribution in [0.4, 0.5) is 0 Å². The zero-order valence-corrected chi connectivity index (χ0v) is 24.3. The van der Waals surface area contributed by atoms with E-state index in [1.165, 1.54) is 0 Å². The fraction of sp³-hybridized carbons (Fsp3) is 0.846. The summed E-state index contributed by atoms with van der Waals surface area (Å²) in [4.78, 5) is 6.01. The average Bonchev–Trinajstić information content (AvgIpc) is 2.46. The maximum Gasteiger partial charge on any atom is 1.00 e. The zero-order valence-electron chi connectivity index (χ0n) is 15.9. The van der Waals surface area contributed by atoms with Crippen molar-refractivity contribution in [3.8, 4) is 0 Å². The molecule has 0 heterocycles. The second-order valence-corrected chi connectivity index (χ2v) is 9.38. The predicted octanol–water partition coefficient (Wildman–Crippen LogP) is -3.60. The Bertz CT molecular complexity index is 364. The smallest absolute Gasteiger partial charge is 0.789 e. The van der Waals surface area contributed by atoms with Crippen LogP contribution in [0.5, 0.6) is 0 Å². The van der Waals surface area contributed by atoms with Gasteiger partial charge in [-0.25, -0.2) is 4.38 Å². The molecule has 0 saturated carbocycles. The van der Waals surface area contributed by atoms with Crippen LogP contribution < -0.4 is 59.1 Å². The summed E-state index contributed by atoms with van der Waals surface area (Å²) in [7, 11) is -2.60. The van der Waals surface area contributed by atoms with Crippen molar-refractivity contribution in [1.29, 1.82) is 0 Å². The molecule has 0 radical (unpaired) electrons. The molecule has 0 bridgehead atoms. The molecule has 0 aliphatic rings. The van der Waals surface area contributed by atoms with Crippen molar-refractivity contribution < 1.29 is 72.4 Å². The summed E-state index contributed by atoms with van der Waals surface area (Å²) in [6.45, 7) is 9.50. The largest absolute Gasteiger partial charge is 1.00 e. The van der Waals surface area contributed by atoms with E-state index in [2.05, 4.69) is 17.6 Å². The summed E-state index contributed by atoms with van der Waals surface area (Å²) in [6.07, 6.45) is 0.839. The fourth-order valence-corrected chi connectivity index (χ4v) is 5.21. The van der Waals surface area contributed by atoms with Crippen molar-refractivity contribution >= 4 is 67.6 Å². The predicted molar refractivity (Wildman–Crippen MR) is 110 cm³/mol. The molecule has 0 aliphatic carbocycles. The van der Waals surface area contributed by atoms with Crippen LogP contribution in [0.2, 0.25) is 6.04 Å². The molecule has 0 N–H and O–H groups in total. The van der Waals surface area contributed by atoms with Gasteiger partial charge < -0.3 is 48.4 Å². The van der Waals surface area contributed by atoms with Crippen molar-refractivity contribution in [3.05, 3.63) is 0 Å². The van der Waals surface area contributed by atoms with E-state index in [-0.39, 0.29) is 63.5 Å². The molecule has 0 aromatic heterocycles. The number of hydrogen-bond donors (Lipinski definition) is 1. The van der Waals surface area contributed by atoms with E-state index in [1.807, 2.05) is 25.7 Å². The van der Waals surface area contributed by atoms with Gasteiger partial charge >= 0.3 is 67.9 Å². The number of aliphatic imine (C=N–C) groups is 1. The second kappa shape index (κ2) is 19.7. The maximum atomic E-state index is 5.84. The first kappa shape index (κ1) is 32.1. The Morgan fingerprint density at radius 1 is 1.04 bits per heavy atom. The van der Waals surface area contributed by atoms with Crippen LogP contribution in [0, 0.1) is 0 Å². The molecule has 0 aromatic rings. The SMILES string of the molecule is CCO[Si](CCCN(CCN=C([S-])[S-])C(=S)S)(OCC)OCC.[Na+].[Na+]. The Morgan fingerprint density at radius 3 is 1.88 bits per heavy atom. The summed E-state index contributed by atoms with van der Waals surface area (Å²) in [5, 5.41) is 0. The van der Waals surface area contributed by atoms with Crippen LogP contribution >= 0.6 is 24.8 Å². The van der Waals surface area contributed by atoms with Gasteiger partial charge in [-0.3, -0.25) is 0 Å². The Kier molecular flexibility index (Phi) is 25.4. The molecule has 0 atom stereocenters. The first-order valence-electron chi connectivity index (χ1n) is 7.69. The van der Waals surface area contributed by atoms with Gasteiger partial charge in [-0.2, -0.15) is 0 Å². The van der Waals surface area contributed by atoms with Gasteiger partial charge in [0.05, 0.1) is 6.54 Å². The van der Waals surface area contributed by atoms with E-state index >= 15 is 0 Å². The van der Waals surface area contributed by atoms with Gasteiger partial charge in [-0.05, 0) is 27.2 Å². The standard InChI is InChI=1S/C13H28N2O3S4Si.2Na/c1-4-16-23(17-5-2,18-6-3)11-7-9-15(13(21)22)10-8-14-12(19)20;;/h4-11H2,1-3H3,(H,21,22)(H2,14,19,20);;/q;2*+1/p-2. The Hall–Kier alpha value is 2.45. The third-order valence-corrected chi connectivity index (χ3v) is 6.84. The van der Waals surface area contributed by atoms with Crippen molar-refractivity contribution in [1.82, 2.24) is 4.90 Å². The van der Waals surface area contributed by atoms with E-state index in [0.717, 1.165) is 19.0 Å². The zero-order chi connectivity index (χ0) is 17.7. The van der Waals surface area contributed by atoms with Crippen molar-refractivity contribution in [2.24, 2.45) is 4.99 Å². The van der Waals surface area contributed by atoms with E-state index in [4.69, 9.17) is 50.8 Å². The molecule has 5 nitrogen and oxygen atoms in total. The molecule has 12 heteroatoms. The van der Waals surface area contributed by atoms with Gasteiger partial charge in [-0.15, -0.1) is 12.6 Å². The third kappa shape index (κ3) is 16.0. The van der Waals surface area contributed by atoms with E-state index in [0.29, 0.717) is 37.2 Å². The van der Waals surface area contributed by atoms with Crippen molar-refractivity contribution in [2.45, 2.75) is 33.2 Å². The van der Waals surface area contributed by atoms with Gasteiger partial charge in [0.2, 0.25) is 0 Å². The molecule has 0 aromatic carbocycles. The molecule has 0 rings (SSSR count). The number of hydrogen-bond acceptors (Lipinski definition) is 7. The molecule has 0 amide bonds. The normalized spacial score (nSPS) is 10.4. The molecule has 0 unspecified atom stereocenters. The fourth-order valence-electron chi connectivity index (χ4n) is 2.05. The molecule has 136 valence electrons. The summed E-state index contributed by atoms with van der Waals surface area (Å²) in [5.74, 6) is 0. The molecule has 0 saturated heterocycles. The minimum atomic E-state index is -2.60. The van der Waals surface area contributed by atoms with Crippen LogP contribution in [0.1, 0.15) is 27.2 Å². The van der Waals surface area contributed by atoms with Gasteiger partial charge in [-0.1, -0.05) is 12.2 Å². The number of thiol groups is 1. The number of thiocarbonyl (C=S) groups is 1. The summed E-state index contributed by atoms with van der Waals surface area (Å²) < 4.78 is 18.3. The first-order chi connectivity index (χ1) is 10.9.